The topological polar surface area (TPSA) is 109 Å². The Morgan fingerprint density at radius 1 is 1.39 bits per heavy atom. The smallest absolute Gasteiger partial charge is 0.306 e. The maximum Gasteiger partial charge on any atom is 0.306 e. The van der Waals surface area contributed by atoms with Crippen LogP contribution in [0, 0.1) is 5.92 Å². The Balaban J connectivity index is 3.42. The van der Waals surface area contributed by atoms with Gasteiger partial charge in [-0.05, 0) is 12.8 Å². The monoisotopic (exact) mass is 276 g/mol. The molecule has 0 saturated carbocycles. The van der Waals surface area contributed by atoms with E-state index in [1.165, 1.54) is 11.8 Å². The SMILES string of the molecule is CC(CCCNC(=O)CCSCC(N)=O)C(=O)O. The highest BCUT2D eigenvalue weighted by atomic mass is 32.2. The van der Waals surface area contributed by atoms with Crippen LogP contribution in [0.2, 0.25) is 0 Å². The summed E-state index contributed by atoms with van der Waals surface area (Å²) in [5.74, 6) is -0.890. The first-order chi connectivity index (χ1) is 8.43. The molecule has 0 aliphatic carbocycles. The van der Waals surface area contributed by atoms with Crippen LogP contribution in [0.1, 0.15) is 26.2 Å². The molecule has 0 aromatic carbocycles. The number of carbonyl (C=O) groups is 3. The first-order valence-electron chi connectivity index (χ1n) is 5.79. The van der Waals surface area contributed by atoms with Gasteiger partial charge in [0.15, 0.2) is 0 Å². The molecule has 7 heteroatoms. The molecule has 0 spiro atoms. The van der Waals surface area contributed by atoms with Crippen molar-refractivity contribution in [2.75, 3.05) is 18.1 Å². The molecule has 2 amide bonds. The largest absolute Gasteiger partial charge is 0.481 e. The Kier molecular flexibility index (Phi) is 9.08. The molecule has 0 fully saturated rings. The number of carbonyl (C=O) groups excluding carboxylic acids is 2. The van der Waals surface area contributed by atoms with E-state index in [1.54, 1.807) is 6.92 Å². The zero-order valence-electron chi connectivity index (χ0n) is 10.5. The molecule has 4 N–H and O–H groups in total. The summed E-state index contributed by atoms with van der Waals surface area (Å²) in [4.78, 5) is 32.3. The van der Waals surface area contributed by atoms with Crippen LogP contribution in [-0.4, -0.2) is 40.9 Å². The molecule has 0 rings (SSSR count). The Morgan fingerprint density at radius 2 is 2.06 bits per heavy atom. The summed E-state index contributed by atoms with van der Waals surface area (Å²) in [5.41, 5.74) is 4.95. The molecule has 1 atom stereocenters. The van der Waals surface area contributed by atoms with Gasteiger partial charge in [-0.2, -0.15) is 11.8 Å². The Morgan fingerprint density at radius 3 is 2.61 bits per heavy atom. The normalized spacial score (nSPS) is 11.8. The van der Waals surface area contributed by atoms with Crippen LogP contribution in [0.5, 0.6) is 0 Å². The second-order valence-corrected chi connectivity index (χ2v) is 5.11. The lowest BCUT2D eigenvalue weighted by molar-refractivity contribution is -0.141. The maximum atomic E-state index is 11.3. The highest BCUT2D eigenvalue weighted by Gasteiger charge is 2.10. The van der Waals surface area contributed by atoms with Crippen molar-refractivity contribution in [3.63, 3.8) is 0 Å². The molecule has 0 aromatic rings. The minimum Gasteiger partial charge on any atom is -0.481 e. The van der Waals surface area contributed by atoms with E-state index in [4.69, 9.17) is 10.8 Å². The molecular formula is C11H20N2O4S. The summed E-state index contributed by atoms with van der Waals surface area (Å²) in [7, 11) is 0. The van der Waals surface area contributed by atoms with Crippen molar-refractivity contribution < 1.29 is 19.5 Å². The third-order valence-corrected chi connectivity index (χ3v) is 3.26. The van der Waals surface area contributed by atoms with E-state index in [9.17, 15) is 14.4 Å². The van der Waals surface area contributed by atoms with Crippen LogP contribution < -0.4 is 11.1 Å². The lowest BCUT2D eigenvalue weighted by Gasteiger charge is -2.07. The Labute approximate surface area is 111 Å². The van der Waals surface area contributed by atoms with Crippen molar-refractivity contribution in [2.24, 2.45) is 11.7 Å². The number of thioether (sulfide) groups is 1. The molecule has 0 saturated heterocycles. The predicted molar refractivity (Wildman–Crippen MR) is 70.2 cm³/mol. The van der Waals surface area contributed by atoms with E-state index in [-0.39, 0.29) is 23.5 Å². The van der Waals surface area contributed by atoms with E-state index in [1.807, 2.05) is 0 Å². The summed E-state index contributed by atoms with van der Waals surface area (Å²) in [6.45, 7) is 2.13. The number of carboxylic acids is 1. The van der Waals surface area contributed by atoms with Crippen LogP contribution >= 0.6 is 11.8 Å². The first kappa shape index (κ1) is 16.8. The number of rotatable bonds is 10. The molecule has 104 valence electrons. The molecular weight excluding hydrogens is 256 g/mol. The minimum atomic E-state index is -0.816. The number of carboxylic acid groups (broad SMARTS) is 1. The average Bonchev–Trinajstić information content (AvgIpc) is 2.29. The highest BCUT2D eigenvalue weighted by Crippen LogP contribution is 2.04. The van der Waals surface area contributed by atoms with E-state index >= 15 is 0 Å². The minimum absolute atomic E-state index is 0.0880. The van der Waals surface area contributed by atoms with Crippen LogP contribution in [0.4, 0.5) is 0 Å². The molecule has 1 unspecified atom stereocenters. The third kappa shape index (κ3) is 9.95. The fraction of sp³-hybridized carbons (Fsp3) is 0.727. The van der Waals surface area contributed by atoms with Crippen molar-refractivity contribution in [3.8, 4) is 0 Å². The lowest BCUT2D eigenvalue weighted by atomic mass is 10.1. The van der Waals surface area contributed by atoms with Crippen molar-refractivity contribution in [3.05, 3.63) is 0 Å². The second kappa shape index (κ2) is 9.76. The quantitative estimate of drug-likeness (QED) is 0.494. The molecule has 0 radical (unpaired) electrons. The maximum absolute atomic E-state index is 11.3. The van der Waals surface area contributed by atoms with Gasteiger partial charge in [0.05, 0.1) is 11.7 Å². The molecule has 0 aromatic heterocycles. The number of amides is 2. The number of nitrogens with two attached hydrogens (primary N) is 1. The predicted octanol–water partition coefficient (Wildman–Crippen LogP) is 0.212. The van der Waals surface area contributed by atoms with Gasteiger partial charge in [0.1, 0.15) is 0 Å². The van der Waals surface area contributed by atoms with E-state index < -0.39 is 5.97 Å². The van der Waals surface area contributed by atoms with Gasteiger partial charge >= 0.3 is 5.97 Å². The number of primary amides is 1. The second-order valence-electron chi connectivity index (χ2n) is 4.00. The van der Waals surface area contributed by atoms with Crippen LogP contribution in [-0.2, 0) is 14.4 Å². The van der Waals surface area contributed by atoms with Gasteiger partial charge in [-0.1, -0.05) is 6.92 Å². The lowest BCUT2D eigenvalue weighted by Crippen LogP contribution is -2.25. The van der Waals surface area contributed by atoms with E-state index in [2.05, 4.69) is 5.32 Å². The van der Waals surface area contributed by atoms with Crippen molar-refractivity contribution >= 4 is 29.5 Å². The van der Waals surface area contributed by atoms with E-state index in [0.717, 1.165) is 0 Å². The molecule has 0 heterocycles. The number of nitrogens with one attached hydrogen (secondary N) is 1. The van der Waals surface area contributed by atoms with Crippen molar-refractivity contribution in [1.29, 1.82) is 0 Å². The highest BCUT2D eigenvalue weighted by molar-refractivity contribution is 7.99. The number of hydrogen-bond donors (Lipinski definition) is 3. The number of aliphatic carboxylic acids is 1. The molecule has 18 heavy (non-hydrogen) atoms. The standard InChI is InChI=1S/C11H20N2O4S/c1-8(11(16)17)3-2-5-13-10(15)4-6-18-7-9(12)14/h8H,2-7H2,1H3,(H2,12,14)(H,13,15)(H,16,17). The van der Waals surface area contributed by atoms with E-state index in [0.29, 0.717) is 31.6 Å². The van der Waals surface area contributed by atoms with Gasteiger partial charge in [-0.15, -0.1) is 0 Å². The summed E-state index contributed by atoms with van der Waals surface area (Å²) < 4.78 is 0. The molecule has 0 aliphatic rings. The summed E-state index contributed by atoms with van der Waals surface area (Å²) in [6, 6.07) is 0. The zero-order chi connectivity index (χ0) is 14.0. The average molecular weight is 276 g/mol. The summed E-state index contributed by atoms with van der Waals surface area (Å²) in [6.07, 6.45) is 1.53. The Bertz CT molecular complexity index is 297. The third-order valence-electron chi connectivity index (χ3n) is 2.28. The Hall–Kier alpha value is -1.24. The van der Waals surface area contributed by atoms with Crippen LogP contribution in [0.25, 0.3) is 0 Å². The molecule has 0 bridgehead atoms. The van der Waals surface area contributed by atoms with Crippen molar-refractivity contribution in [1.82, 2.24) is 5.32 Å². The fourth-order valence-electron chi connectivity index (χ4n) is 1.19. The van der Waals surface area contributed by atoms with Gasteiger partial charge < -0.3 is 16.2 Å². The van der Waals surface area contributed by atoms with Gasteiger partial charge in [0.25, 0.3) is 0 Å². The summed E-state index contributed by atoms with van der Waals surface area (Å²) in [5, 5.41) is 11.4. The fourth-order valence-corrected chi connectivity index (χ4v) is 1.86. The summed E-state index contributed by atoms with van der Waals surface area (Å²) >= 11 is 1.32. The molecule has 6 nitrogen and oxygen atoms in total. The van der Waals surface area contributed by atoms with Gasteiger partial charge in [-0.25, -0.2) is 0 Å². The first-order valence-corrected chi connectivity index (χ1v) is 6.94. The van der Waals surface area contributed by atoms with Crippen LogP contribution in [0.3, 0.4) is 0 Å². The van der Waals surface area contributed by atoms with Gasteiger partial charge in [-0.3, -0.25) is 14.4 Å². The van der Waals surface area contributed by atoms with Crippen LogP contribution in [0.15, 0.2) is 0 Å². The number of hydrogen-bond acceptors (Lipinski definition) is 4. The molecule has 0 aliphatic heterocycles. The zero-order valence-corrected chi connectivity index (χ0v) is 11.3. The van der Waals surface area contributed by atoms with Gasteiger partial charge in [0, 0.05) is 18.7 Å². The van der Waals surface area contributed by atoms with Gasteiger partial charge in [0.2, 0.25) is 11.8 Å². The van der Waals surface area contributed by atoms with Crippen molar-refractivity contribution in [2.45, 2.75) is 26.2 Å².